The Morgan fingerprint density at radius 1 is 1.24 bits per heavy atom. The molecule has 2 aromatic carbocycles. The average Bonchev–Trinajstić information content (AvgIpc) is 3.13. The lowest BCUT2D eigenvalue weighted by Crippen LogP contribution is -2.32. The van der Waals surface area contributed by atoms with Gasteiger partial charge in [0, 0.05) is 5.56 Å². The second-order valence-electron chi connectivity index (χ2n) is 6.90. The molecular weight excluding hydrogens is 386 g/mol. The van der Waals surface area contributed by atoms with Crippen molar-refractivity contribution >= 4 is 17.7 Å². The summed E-state index contributed by atoms with van der Waals surface area (Å²) in [5.74, 6) is 7.64. The number of amides is 1. The largest absolute Gasteiger partial charge is 0.497 e. The van der Waals surface area contributed by atoms with Gasteiger partial charge in [-0.15, -0.1) is 10.2 Å². The summed E-state index contributed by atoms with van der Waals surface area (Å²) in [6, 6.07) is 15.8. The molecule has 0 fully saturated rings. The molecule has 0 bridgehead atoms. The molecule has 1 aromatic heterocycles. The van der Waals surface area contributed by atoms with Gasteiger partial charge in [0.05, 0.1) is 18.9 Å². The van der Waals surface area contributed by atoms with Gasteiger partial charge in [-0.25, -0.2) is 4.68 Å². The number of nitrogen functional groups attached to an aromatic ring is 1. The second kappa shape index (κ2) is 8.57. The van der Waals surface area contributed by atoms with Crippen molar-refractivity contribution in [3.05, 3.63) is 59.7 Å². The molecule has 0 saturated heterocycles. The lowest BCUT2D eigenvalue weighted by Gasteiger charge is -2.26. The highest BCUT2D eigenvalue weighted by atomic mass is 32.2. The fourth-order valence-electron chi connectivity index (χ4n) is 3.58. The fraction of sp³-hybridized carbons (Fsp3) is 0.286. The van der Waals surface area contributed by atoms with Crippen LogP contribution < -0.4 is 15.9 Å². The predicted molar refractivity (Wildman–Crippen MR) is 113 cm³/mol. The molecule has 29 heavy (non-hydrogen) atoms. The van der Waals surface area contributed by atoms with Gasteiger partial charge in [-0.05, 0) is 54.7 Å². The first kappa shape index (κ1) is 19.3. The van der Waals surface area contributed by atoms with E-state index in [1.807, 2.05) is 36.4 Å². The quantitative estimate of drug-likeness (QED) is 0.480. The molecule has 1 aliphatic rings. The molecule has 1 atom stereocenters. The molecule has 150 valence electrons. The Labute approximate surface area is 173 Å². The van der Waals surface area contributed by atoms with Crippen molar-refractivity contribution in [2.75, 3.05) is 18.7 Å². The molecule has 1 amide bonds. The van der Waals surface area contributed by atoms with E-state index in [1.165, 1.54) is 27.6 Å². The molecule has 0 aliphatic heterocycles. The minimum absolute atomic E-state index is 0.0364. The number of benzene rings is 2. The number of aromatic nitrogens is 3. The van der Waals surface area contributed by atoms with Gasteiger partial charge in [0.1, 0.15) is 5.75 Å². The molecular formula is C21H23N5O2S. The Bertz CT molecular complexity index is 1000. The summed E-state index contributed by atoms with van der Waals surface area (Å²) in [6.07, 6.45) is 3.11. The zero-order valence-corrected chi connectivity index (χ0v) is 17.0. The number of ether oxygens (including phenoxy) is 1. The van der Waals surface area contributed by atoms with Crippen molar-refractivity contribution in [1.82, 2.24) is 20.2 Å². The van der Waals surface area contributed by atoms with E-state index in [0.29, 0.717) is 11.0 Å². The van der Waals surface area contributed by atoms with Gasteiger partial charge >= 0.3 is 0 Å². The van der Waals surface area contributed by atoms with Crippen molar-refractivity contribution in [3.8, 4) is 17.1 Å². The maximum atomic E-state index is 12.5. The van der Waals surface area contributed by atoms with Crippen LogP contribution in [0.1, 0.15) is 30.0 Å². The molecule has 7 nitrogen and oxygen atoms in total. The van der Waals surface area contributed by atoms with Crippen molar-refractivity contribution in [2.24, 2.45) is 0 Å². The van der Waals surface area contributed by atoms with E-state index < -0.39 is 0 Å². The van der Waals surface area contributed by atoms with Crippen LogP contribution in [-0.2, 0) is 11.2 Å². The van der Waals surface area contributed by atoms with Crippen LogP contribution in [0.15, 0.2) is 53.7 Å². The number of aryl methyl sites for hydroxylation is 1. The van der Waals surface area contributed by atoms with Gasteiger partial charge in [0.2, 0.25) is 11.1 Å². The van der Waals surface area contributed by atoms with E-state index in [4.69, 9.17) is 10.6 Å². The summed E-state index contributed by atoms with van der Waals surface area (Å²) >= 11 is 1.28. The summed E-state index contributed by atoms with van der Waals surface area (Å²) < 4.78 is 6.58. The molecule has 0 radical (unpaired) electrons. The van der Waals surface area contributed by atoms with Crippen LogP contribution in [-0.4, -0.2) is 33.6 Å². The van der Waals surface area contributed by atoms with Gasteiger partial charge in [-0.2, -0.15) is 0 Å². The topological polar surface area (TPSA) is 95.1 Å². The lowest BCUT2D eigenvalue weighted by molar-refractivity contribution is -0.119. The van der Waals surface area contributed by atoms with E-state index in [2.05, 4.69) is 27.6 Å². The Balaban J connectivity index is 1.38. The first-order chi connectivity index (χ1) is 14.2. The summed E-state index contributed by atoms with van der Waals surface area (Å²) in [6.45, 7) is 0. The maximum Gasteiger partial charge on any atom is 0.230 e. The third-order valence-corrected chi connectivity index (χ3v) is 5.99. The smallest absolute Gasteiger partial charge is 0.230 e. The highest BCUT2D eigenvalue weighted by Crippen LogP contribution is 2.30. The minimum atomic E-state index is -0.0364. The van der Waals surface area contributed by atoms with Crippen molar-refractivity contribution in [3.63, 3.8) is 0 Å². The standard InChI is InChI=1S/C21H23N5O2S/c1-28-16-11-9-15(10-12-16)20-24-25-21(26(20)22)29-13-19(27)23-18-8-4-6-14-5-2-3-7-17(14)18/h2-3,5,7,9-12,18H,4,6,8,13,22H2,1H3,(H,23,27)/t18-/m0/s1. The third kappa shape index (κ3) is 4.22. The number of nitrogens with one attached hydrogen (secondary N) is 1. The van der Waals surface area contributed by atoms with Crippen molar-refractivity contribution in [1.29, 1.82) is 0 Å². The van der Waals surface area contributed by atoms with Crippen LogP contribution in [0.4, 0.5) is 0 Å². The van der Waals surface area contributed by atoms with E-state index in [-0.39, 0.29) is 17.7 Å². The highest BCUT2D eigenvalue weighted by Gasteiger charge is 2.22. The predicted octanol–water partition coefficient (Wildman–Crippen LogP) is 2.95. The molecule has 3 N–H and O–H groups in total. The number of nitrogens with zero attached hydrogens (tertiary/aromatic N) is 3. The normalized spacial score (nSPS) is 15.6. The van der Waals surface area contributed by atoms with Gasteiger partial charge in [-0.3, -0.25) is 4.79 Å². The summed E-state index contributed by atoms with van der Waals surface area (Å²) in [7, 11) is 1.62. The molecule has 1 aliphatic carbocycles. The molecule has 8 heteroatoms. The Morgan fingerprint density at radius 2 is 2.03 bits per heavy atom. The number of hydrogen-bond donors (Lipinski definition) is 2. The zero-order valence-electron chi connectivity index (χ0n) is 16.2. The van der Waals surface area contributed by atoms with Crippen LogP contribution in [0.25, 0.3) is 11.4 Å². The number of nitrogens with two attached hydrogens (primary N) is 1. The van der Waals surface area contributed by atoms with Crippen molar-refractivity contribution in [2.45, 2.75) is 30.5 Å². The monoisotopic (exact) mass is 409 g/mol. The zero-order chi connectivity index (χ0) is 20.2. The SMILES string of the molecule is COc1ccc(-c2nnc(SCC(=O)N[C@H]3CCCc4ccccc43)n2N)cc1. The van der Waals surface area contributed by atoms with Crippen molar-refractivity contribution < 1.29 is 9.53 Å². The van der Waals surface area contributed by atoms with Gasteiger partial charge in [-0.1, -0.05) is 36.0 Å². The Morgan fingerprint density at radius 3 is 2.83 bits per heavy atom. The van der Waals surface area contributed by atoms with Crippen LogP contribution in [0, 0.1) is 0 Å². The molecule has 1 heterocycles. The third-order valence-electron chi connectivity index (χ3n) is 5.05. The number of methoxy groups -OCH3 is 1. The first-order valence-electron chi connectivity index (χ1n) is 9.50. The second-order valence-corrected chi connectivity index (χ2v) is 7.85. The maximum absolute atomic E-state index is 12.5. The first-order valence-corrected chi connectivity index (χ1v) is 10.5. The molecule has 4 rings (SSSR count). The molecule has 0 spiro atoms. The van der Waals surface area contributed by atoms with Crippen LogP contribution in [0.3, 0.4) is 0 Å². The molecule has 0 saturated carbocycles. The van der Waals surface area contributed by atoms with Gasteiger partial charge < -0.3 is 15.9 Å². The van der Waals surface area contributed by atoms with Crippen LogP contribution in [0.5, 0.6) is 5.75 Å². The highest BCUT2D eigenvalue weighted by molar-refractivity contribution is 7.99. The summed E-state index contributed by atoms with van der Waals surface area (Å²) in [4.78, 5) is 12.5. The summed E-state index contributed by atoms with van der Waals surface area (Å²) in [5.41, 5.74) is 3.37. The molecule has 0 unspecified atom stereocenters. The molecule has 3 aromatic rings. The van der Waals surface area contributed by atoms with Crippen LogP contribution in [0.2, 0.25) is 0 Å². The van der Waals surface area contributed by atoms with Crippen LogP contribution >= 0.6 is 11.8 Å². The van der Waals surface area contributed by atoms with E-state index >= 15 is 0 Å². The minimum Gasteiger partial charge on any atom is -0.497 e. The lowest BCUT2D eigenvalue weighted by atomic mass is 9.88. The number of fused-ring (bicyclic) bond motifs is 1. The number of rotatable bonds is 6. The van der Waals surface area contributed by atoms with E-state index in [0.717, 1.165) is 30.6 Å². The summed E-state index contributed by atoms with van der Waals surface area (Å²) in [5, 5.41) is 11.9. The van der Waals surface area contributed by atoms with E-state index in [9.17, 15) is 4.79 Å². The number of carbonyl (C=O) groups is 1. The number of carbonyl (C=O) groups excluding carboxylic acids is 1. The fourth-order valence-corrected chi connectivity index (χ4v) is 4.25. The number of thioether (sulfide) groups is 1. The average molecular weight is 410 g/mol. The van der Waals surface area contributed by atoms with Gasteiger partial charge in [0.25, 0.3) is 0 Å². The number of hydrogen-bond acceptors (Lipinski definition) is 6. The Kier molecular flexibility index (Phi) is 5.71. The Hall–Kier alpha value is -3.00. The van der Waals surface area contributed by atoms with E-state index in [1.54, 1.807) is 7.11 Å². The van der Waals surface area contributed by atoms with Gasteiger partial charge in [0.15, 0.2) is 5.82 Å².